The van der Waals surface area contributed by atoms with E-state index in [2.05, 4.69) is 125 Å². The number of aromatic nitrogens is 1. The fourth-order valence-electron chi connectivity index (χ4n) is 18.3. The Morgan fingerprint density at radius 2 is 1.56 bits per heavy atom. The fourth-order valence-corrected chi connectivity index (χ4v) is 18.3. The summed E-state index contributed by atoms with van der Waals surface area (Å²) in [6.45, 7) is 7.76. The number of aryl methyl sites for hydroxylation is 3. The SMILES string of the molecule is CC(C)C[C@@](C)(O)CNCN[C@H]1C#CC[C@@H](CO)Oc2cc(cc(CCc3ccccc3CCO)c2O)[C@H]2Oc3c(c4c(c5c3CC[C@@H](CO)O5)-c3ccc(O)c5c3[C@H](C4)[C@@H](c3ccc4[nH]ccc4c3)C(CNCCCc3ccccc3)=C5)C[C@]12OCN[C@@H]1CCCC2(CCCC2)C1. The van der Waals surface area contributed by atoms with Gasteiger partial charge in [0.05, 0.1) is 25.5 Å². The quantitative estimate of drug-likeness (QED) is 0.0146. The van der Waals surface area contributed by atoms with Gasteiger partial charge in [-0.15, -0.1) is 0 Å². The molecule has 0 amide bonds. The number of aromatic hydroxyl groups is 2. The molecule has 15 nitrogen and oxygen atoms in total. The van der Waals surface area contributed by atoms with Gasteiger partial charge in [0.15, 0.2) is 17.6 Å². The van der Waals surface area contributed by atoms with Crippen molar-refractivity contribution in [2.45, 2.75) is 196 Å². The number of hydrogen-bond donors (Lipinski definition) is 11. The second kappa shape index (κ2) is 29.6. The van der Waals surface area contributed by atoms with Crippen LogP contribution in [0.2, 0.25) is 0 Å². The van der Waals surface area contributed by atoms with E-state index in [4.69, 9.17) is 18.9 Å². The van der Waals surface area contributed by atoms with Crippen molar-refractivity contribution in [2.75, 3.05) is 52.9 Å². The summed E-state index contributed by atoms with van der Waals surface area (Å²) in [5.74, 6) is 9.01. The van der Waals surface area contributed by atoms with Gasteiger partial charge in [0.2, 0.25) is 0 Å². The highest BCUT2D eigenvalue weighted by Crippen LogP contribution is 2.62. The number of ether oxygens (including phenoxy) is 4. The van der Waals surface area contributed by atoms with Crippen molar-refractivity contribution in [1.82, 2.24) is 26.3 Å². The number of rotatable bonds is 25. The highest BCUT2D eigenvalue weighted by atomic mass is 16.6. The second-order valence-corrected chi connectivity index (χ2v) is 30.2. The molecule has 2 fully saturated rings. The molecule has 98 heavy (non-hydrogen) atoms. The number of hydrogen-bond acceptors (Lipinski definition) is 14. The van der Waals surface area contributed by atoms with Crippen LogP contribution in [0.1, 0.15) is 177 Å². The van der Waals surface area contributed by atoms with Gasteiger partial charge < -0.3 is 65.2 Å². The van der Waals surface area contributed by atoms with Crippen LogP contribution in [0.25, 0.3) is 28.1 Å². The van der Waals surface area contributed by atoms with Crippen LogP contribution in [0, 0.1) is 23.2 Å². The molecule has 15 heteroatoms. The molecule has 2 saturated carbocycles. The van der Waals surface area contributed by atoms with Gasteiger partial charge in [0.1, 0.15) is 41.1 Å². The third-order valence-electron chi connectivity index (χ3n) is 22.7. The van der Waals surface area contributed by atoms with Crippen LogP contribution in [0.5, 0.6) is 28.7 Å². The third kappa shape index (κ3) is 14.0. The summed E-state index contributed by atoms with van der Waals surface area (Å²) < 4.78 is 30.1. The Labute approximate surface area is 578 Å². The van der Waals surface area contributed by atoms with Crippen molar-refractivity contribution in [3.05, 3.63) is 176 Å². The highest BCUT2D eigenvalue weighted by molar-refractivity contribution is 5.90. The lowest BCUT2D eigenvalue weighted by Gasteiger charge is -2.50. The zero-order valence-corrected chi connectivity index (χ0v) is 57.5. The van der Waals surface area contributed by atoms with E-state index >= 15 is 0 Å². The molecule has 11 N–H and O–H groups in total. The molecular weight excluding hydrogens is 1230 g/mol. The number of phenols is 2. The summed E-state index contributed by atoms with van der Waals surface area (Å²) >= 11 is 0. The zero-order valence-electron chi connectivity index (χ0n) is 57.5. The maximum atomic E-state index is 12.6. The predicted octanol–water partition coefficient (Wildman–Crippen LogP) is 12.2. The van der Waals surface area contributed by atoms with Gasteiger partial charge in [-0.2, -0.15) is 0 Å². The standard InChI is InChI=1S/C83H101N5O10/c1-52(2)43-81(3,94)49-85-50-87-73-21-11-20-62(47-90)96-72-41-59(39-58(77(72)93)23-22-54-17-7-8-18-55(54)31-37-89)80-83(73,95-51-88-61-19-12-34-82(44-61)32-9-10-33-82)45-69-66-42-68-74(57-24-28-70-56(38-57)30-36-86-70)60(46-84-35-13-16-53-14-5-4-6-15-53)40-67-71(92)29-27-64(75(67)68)76(66)79-65(78(69)98-80)26-25-63(48-91)97-79/h4-8,14-15,17-18,24,27-30,36,38-41,52,61-63,68,73-74,80,84-94H,9-10,12-13,16,19-20,22-23,25-26,31-35,37,42-51H2,1-3H3/t61-,62+,63+,68-,73+,74+,80-,81-,83+/m1/s1. The molecule has 4 aliphatic carbocycles. The fraction of sp³-hybridized carbons (Fsp3) is 0.494. The van der Waals surface area contributed by atoms with Gasteiger partial charge in [0.25, 0.3) is 0 Å². The van der Waals surface area contributed by atoms with Gasteiger partial charge >= 0.3 is 0 Å². The first kappa shape index (κ1) is 68.0. The van der Waals surface area contributed by atoms with Gasteiger partial charge in [-0.1, -0.05) is 112 Å². The van der Waals surface area contributed by atoms with E-state index in [0.717, 1.165) is 99.6 Å². The Kier molecular flexibility index (Phi) is 20.5. The van der Waals surface area contributed by atoms with E-state index in [1.165, 1.54) is 48.8 Å². The number of phenolic OH excluding ortho intramolecular Hbond substituents is 2. The molecule has 3 aliphatic heterocycles. The molecule has 2 bridgehead atoms. The predicted molar refractivity (Wildman–Crippen MR) is 385 cm³/mol. The molecular formula is C83H101N5O10. The molecule has 6 aromatic carbocycles. The minimum absolute atomic E-state index is 0.00815. The lowest BCUT2D eigenvalue weighted by molar-refractivity contribution is -0.144. The van der Waals surface area contributed by atoms with E-state index < -0.39 is 35.6 Å². The Balaban J connectivity index is 0.953. The topological polar surface area (TPSA) is 222 Å². The number of aliphatic hydroxyl groups is 4. The first-order valence-electron chi connectivity index (χ1n) is 36.6. The van der Waals surface area contributed by atoms with E-state index in [-0.39, 0.29) is 80.7 Å². The van der Waals surface area contributed by atoms with E-state index in [0.29, 0.717) is 92.5 Å². The molecule has 7 aromatic rings. The van der Waals surface area contributed by atoms with Gasteiger partial charge in [-0.3, -0.25) is 10.6 Å². The lowest BCUT2D eigenvalue weighted by atomic mass is 9.62. The molecule has 4 heterocycles. The van der Waals surface area contributed by atoms with Crippen LogP contribution in [-0.2, 0) is 49.7 Å². The highest BCUT2D eigenvalue weighted by Gasteiger charge is 2.56. The molecule has 1 spiro atoms. The summed E-state index contributed by atoms with van der Waals surface area (Å²) in [7, 11) is 0. The molecule has 0 unspecified atom stereocenters. The third-order valence-corrected chi connectivity index (χ3v) is 22.7. The maximum Gasteiger partial charge on any atom is 0.162 e. The van der Waals surface area contributed by atoms with Crippen molar-refractivity contribution < 1.29 is 49.6 Å². The van der Waals surface area contributed by atoms with Crippen LogP contribution in [0.3, 0.4) is 0 Å². The van der Waals surface area contributed by atoms with Crippen molar-refractivity contribution in [3.8, 4) is 51.7 Å². The van der Waals surface area contributed by atoms with Crippen LogP contribution in [0.15, 0.2) is 115 Å². The Bertz CT molecular complexity index is 4070. The largest absolute Gasteiger partial charge is 0.507 e. The molecule has 518 valence electrons. The van der Waals surface area contributed by atoms with Crippen molar-refractivity contribution >= 4 is 17.0 Å². The Morgan fingerprint density at radius 1 is 0.765 bits per heavy atom. The summed E-state index contributed by atoms with van der Waals surface area (Å²) in [6.07, 6.45) is 17.7. The maximum absolute atomic E-state index is 12.6. The van der Waals surface area contributed by atoms with Crippen LogP contribution >= 0.6 is 0 Å². The van der Waals surface area contributed by atoms with Gasteiger partial charge in [-0.25, -0.2) is 0 Å². The first-order chi connectivity index (χ1) is 47.7. The van der Waals surface area contributed by atoms with Crippen molar-refractivity contribution in [2.24, 2.45) is 11.3 Å². The average Bonchev–Trinajstić information content (AvgIpc) is 0.712. The van der Waals surface area contributed by atoms with Crippen molar-refractivity contribution in [3.63, 3.8) is 0 Å². The average molecular weight is 1330 g/mol. The molecule has 14 rings (SSSR count). The molecule has 9 atom stereocenters. The monoisotopic (exact) mass is 1330 g/mol. The normalized spacial score (nSPS) is 24.1. The summed E-state index contributed by atoms with van der Waals surface area (Å²) in [6, 6.07) is 35.0. The number of fused-ring (bicyclic) bond motifs is 12. The first-order valence-corrected chi connectivity index (χ1v) is 36.6. The van der Waals surface area contributed by atoms with E-state index in [1.54, 1.807) is 0 Å². The number of aromatic amines is 1. The minimum Gasteiger partial charge on any atom is -0.507 e. The van der Waals surface area contributed by atoms with Crippen LogP contribution in [0.4, 0.5) is 0 Å². The number of H-pyrrole nitrogens is 1. The number of benzene rings is 6. The second-order valence-electron chi connectivity index (χ2n) is 30.2. The summed E-state index contributed by atoms with van der Waals surface area (Å²) in [4.78, 5) is 3.44. The number of aliphatic hydroxyl groups excluding tert-OH is 3. The smallest absolute Gasteiger partial charge is 0.162 e. The van der Waals surface area contributed by atoms with Gasteiger partial charge in [-0.05, 0) is 224 Å². The Morgan fingerprint density at radius 3 is 2.37 bits per heavy atom. The van der Waals surface area contributed by atoms with Gasteiger partial charge in [0, 0.05) is 85.1 Å². The number of nitrogens with one attached hydrogen (secondary N) is 5. The Hall–Kier alpha value is -7.20. The minimum atomic E-state index is -1.36. The molecule has 1 aromatic heterocycles. The molecule has 0 saturated heterocycles. The van der Waals surface area contributed by atoms with E-state index in [1.807, 2.05) is 49.5 Å². The lowest BCUT2D eigenvalue weighted by Crippen LogP contribution is -2.62. The molecule has 0 radical (unpaired) electrons. The summed E-state index contributed by atoms with van der Waals surface area (Å²) in [5.41, 5.74) is 12.9. The molecule has 7 aliphatic rings. The van der Waals surface area contributed by atoms with Crippen LogP contribution < -0.4 is 35.5 Å². The van der Waals surface area contributed by atoms with E-state index in [9.17, 15) is 30.6 Å². The van der Waals surface area contributed by atoms with Crippen LogP contribution in [-0.4, -0.2) is 124 Å². The zero-order chi connectivity index (χ0) is 67.5. The van der Waals surface area contributed by atoms with Crippen molar-refractivity contribution in [1.29, 1.82) is 0 Å². The summed E-state index contributed by atoms with van der Waals surface area (Å²) in [5, 5.41) is 85.6.